The summed E-state index contributed by atoms with van der Waals surface area (Å²) >= 11 is 0. The molecule has 0 N–H and O–H groups in total. The molecule has 0 saturated heterocycles. The predicted octanol–water partition coefficient (Wildman–Crippen LogP) is 2.24. The molecule has 2 rings (SSSR count). The molecule has 13 heavy (non-hydrogen) atoms. The van der Waals surface area contributed by atoms with E-state index in [9.17, 15) is 0 Å². The summed E-state index contributed by atoms with van der Waals surface area (Å²) in [5.74, 6) is 0.591. The Morgan fingerprint density at radius 3 is 3.08 bits per heavy atom. The molecular weight excluding hydrogens is 162 g/mol. The number of pyridine rings is 1. The quantitative estimate of drug-likeness (QED) is 0.700. The fourth-order valence-corrected chi connectivity index (χ4v) is 1.36. The van der Waals surface area contributed by atoms with E-state index in [4.69, 9.17) is 0 Å². The molecule has 0 saturated carbocycles. The van der Waals surface area contributed by atoms with Gasteiger partial charge >= 0.3 is 0 Å². The minimum atomic E-state index is 0.591. The van der Waals surface area contributed by atoms with Gasteiger partial charge in [0.15, 0.2) is 5.65 Å². The summed E-state index contributed by atoms with van der Waals surface area (Å²) in [6, 6.07) is 4.13. The van der Waals surface area contributed by atoms with Crippen molar-refractivity contribution in [2.75, 3.05) is 0 Å². The maximum absolute atomic E-state index is 4.10. The molecule has 0 aromatic carbocycles. The van der Waals surface area contributed by atoms with Crippen molar-refractivity contribution in [3.8, 4) is 0 Å². The first-order valence-electron chi connectivity index (χ1n) is 4.60. The standard InChI is InChI=1S/C10H13N3/c1-3-8(2)9-4-5-10-11-7-12-13(10)6-9/h4-8H,3H2,1-2H3. The van der Waals surface area contributed by atoms with Crippen LogP contribution in [0.5, 0.6) is 0 Å². The lowest BCUT2D eigenvalue weighted by molar-refractivity contribution is 0.723. The molecule has 0 amide bonds. The Hall–Kier alpha value is -1.38. The second-order valence-corrected chi connectivity index (χ2v) is 3.33. The van der Waals surface area contributed by atoms with E-state index in [0.717, 1.165) is 12.1 Å². The number of hydrogen-bond donors (Lipinski definition) is 0. The summed E-state index contributed by atoms with van der Waals surface area (Å²) < 4.78 is 1.82. The zero-order valence-electron chi connectivity index (χ0n) is 7.94. The summed E-state index contributed by atoms with van der Waals surface area (Å²) in [6.07, 6.45) is 4.78. The summed E-state index contributed by atoms with van der Waals surface area (Å²) in [5.41, 5.74) is 2.23. The van der Waals surface area contributed by atoms with Crippen molar-refractivity contribution < 1.29 is 0 Å². The van der Waals surface area contributed by atoms with Gasteiger partial charge in [0.1, 0.15) is 6.33 Å². The Morgan fingerprint density at radius 2 is 2.31 bits per heavy atom. The maximum Gasteiger partial charge on any atom is 0.155 e. The molecule has 1 atom stereocenters. The van der Waals surface area contributed by atoms with Crippen LogP contribution >= 0.6 is 0 Å². The van der Waals surface area contributed by atoms with Crippen molar-refractivity contribution in [1.82, 2.24) is 14.6 Å². The van der Waals surface area contributed by atoms with Gasteiger partial charge in [-0.2, -0.15) is 5.10 Å². The van der Waals surface area contributed by atoms with Crippen LogP contribution in [0.4, 0.5) is 0 Å². The van der Waals surface area contributed by atoms with Crippen molar-refractivity contribution in [2.24, 2.45) is 0 Å². The van der Waals surface area contributed by atoms with Gasteiger partial charge in [-0.1, -0.05) is 19.9 Å². The number of rotatable bonds is 2. The van der Waals surface area contributed by atoms with Crippen LogP contribution in [-0.4, -0.2) is 14.6 Å². The van der Waals surface area contributed by atoms with Gasteiger partial charge in [0.05, 0.1) is 0 Å². The Bertz CT molecular complexity index is 405. The number of fused-ring (bicyclic) bond motifs is 1. The highest BCUT2D eigenvalue weighted by Gasteiger charge is 2.03. The van der Waals surface area contributed by atoms with Gasteiger partial charge in [-0.3, -0.25) is 0 Å². The van der Waals surface area contributed by atoms with Gasteiger partial charge in [0.2, 0.25) is 0 Å². The zero-order chi connectivity index (χ0) is 9.26. The molecule has 0 aliphatic carbocycles. The van der Waals surface area contributed by atoms with Crippen LogP contribution in [0.2, 0.25) is 0 Å². The maximum atomic E-state index is 4.10. The first-order chi connectivity index (χ1) is 6.31. The Labute approximate surface area is 77.4 Å². The van der Waals surface area contributed by atoms with Crippen LogP contribution in [-0.2, 0) is 0 Å². The topological polar surface area (TPSA) is 30.2 Å². The summed E-state index contributed by atoms with van der Waals surface area (Å²) in [4.78, 5) is 4.10. The molecule has 3 heteroatoms. The van der Waals surface area contributed by atoms with Crippen molar-refractivity contribution in [2.45, 2.75) is 26.2 Å². The third-order valence-electron chi connectivity index (χ3n) is 2.48. The van der Waals surface area contributed by atoms with E-state index in [2.05, 4.69) is 36.2 Å². The molecule has 0 aliphatic rings. The van der Waals surface area contributed by atoms with Crippen molar-refractivity contribution in [3.63, 3.8) is 0 Å². The third kappa shape index (κ3) is 1.41. The zero-order valence-corrected chi connectivity index (χ0v) is 7.94. The highest BCUT2D eigenvalue weighted by molar-refractivity contribution is 5.38. The lowest BCUT2D eigenvalue weighted by Crippen LogP contribution is -1.95. The molecule has 2 heterocycles. The average molecular weight is 175 g/mol. The van der Waals surface area contributed by atoms with Gasteiger partial charge in [-0.15, -0.1) is 0 Å². The molecule has 2 aromatic rings. The van der Waals surface area contributed by atoms with Crippen molar-refractivity contribution in [3.05, 3.63) is 30.2 Å². The van der Waals surface area contributed by atoms with E-state index in [1.165, 1.54) is 5.56 Å². The van der Waals surface area contributed by atoms with Crippen LogP contribution < -0.4 is 0 Å². The fourth-order valence-electron chi connectivity index (χ4n) is 1.36. The second-order valence-electron chi connectivity index (χ2n) is 3.33. The van der Waals surface area contributed by atoms with Gasteiger partial charge in [-0.25, -0.2) is 9.50 Å². The van der Waals surface area contributed by atoms with Crippen LogP contribution in [0.3, 0.4) is 0 Å². The largest absolute Gasteiger partial charge is 0.221 e. The monoisotopic (exact) mass is 175 g/mol. The lowest BCUT2D eigenvalue weighted by Gasteiger charge is -2.07. The first-order valence-corrected chi connectivity index (χ1v) is 4.60. The predicted molar refractivity (Wildman–Crippen MR) is 51.7 cm³/mol. The normalized spacial score (nSPS) is 13.4. The van der Waals surface area contributed by atoms with Crippen molar-refractivity contribution >= 4 is 5.65 Å². The van der Waals surface area contributed by atoms with Crippen LogP contribution in [0.15, 0.2) is 24.7 Å². The minimum Gasteiger partial charge on any atom is -0.221 e. The Kier molecular flexibility index (Phi) is 2.00. The van der Waals surface area contributed by atoms with Gasteiger partial charge in [0.25, 0.3) is 0 Å². The van der Waals surface area contributed by atoms with Gasteiger partial charge < -0.3 is 0 Å². The summed E-state index contributed by atoms with van der Waals surface area (Å²) in [5, 5.41) is 4.10. The second kappa shape index (κ2) is 3.17. The van der Waals surface area contributed by atoms with E-state index in [1.807, 2.05) is 10.6 Å². The Morgan fingerprint density at radius 1 is 1.46 bits per heavy atom. The molecule has 0 radical (unpaired) electrons. The molecule has 0 fully saturated rings. The molecule has 68 valence electrons. The number of aromatic nitrogens is 3. The fraction of sp³-hybridized carbons (Fsp3) is 0.400. The third-order valence-corrected chi connectivity index (χ3v) is 2.48. The molecule has 0 spiro atoms. The molecule has 2 aromatic heterocycles. The highest BCUT2D eigenvalue weighted by atomic mass is 15.3. The summed E-state index contributed by atoms with van der Waals surface area (Å²) in [7, 11) is 0. The van der Waals surface area contributed by atoms with E-state index < -0.39 is 0 Å². The molecular formula is C10H13N3. The minimum absolute atomic E-state index is 0.591. The van der Waals surface area contributed by atoms with Crippen LogP contribution in [0, 0.1) is 0 Å². The molecule has 3 nitrogen and oxygen atoms in total. The number of nitrogens with zero attached hydrogens (tertiary/aromatic N) is 3. The van der Waals surface area contributed by atoms with E-state index >= 15 is 0 Å². The molecule has 0 aliphatic heterocycles. The van der Waals surface area contributed by atoms with Crippen LogP contribution in [0.25, 0.3) is 5.65 Å². The average Bonchev–Trinajstić information content (AvgIpc) is 2.63. The van der Waals surface area contributed by atoms with E-state index in [-0.39, 0.29) is 0 Å². The lowest BCUT2D eigenvalue weighted by atomic mass is 10.0. The van der Waals surface area contributed by atoms with E-state index in [0.29, 0.717) is 5.92 Å². The smallest absolute Gasteiger partial charge is 0.155 e. The van der Waals surface area contributed by atoms with Crippen molar-refractivity contribution in [1.29, 1.82) is 0 Å². The molecule has 0 bridgehead atoms. The summed E-state index contributed by atoms with van der Waals surface area (Å²) in [6.45, 7) is 4.41. The highest BCUT2D eigenvalue weighted by Crippen LogP contribution is 2.17. The van der Waals surface area contributed by atoms with Gasteiger partial charge in [0, 0.05) is 6.20 Å². The van der Waals surface area contributed by atoms with Crippen LogP contribution in [0.1, 0.15) is 31.7 Å². The number of hydrogen-bond acceptors (Lipinski definition) is 2. The van der Waals surface area contributed by atoms with Gasteiger partial charge in [-0.05, 0) is 24.0 Å². The first kappa shape index (κ1) is 8.23. The Balaban J connectivity index is 2.48. The SMILES string of the molecule is CCC(C)c1ccc2ncnn2c1. The molecule has 1 unspecified atom stereocenters. The van der Waals surface area contributed by atoms with E-state index in [1.54, 1.807) is 6.33 Å².